The lowest BCUT2D eigenvalue weighted by atomic mass is 10.2. The van der Waals surface area contributed by atoms with Crippen LogP contribution in [0.2, 0.25) is 0 Å². The maximum Gasteiger partial charge on any atom is 0.404 e. The quantitative estimate of drug-likeness (QED) is 0.680. The molecule has 0 aromatic rings. The number of hydrogen-bond acceptors (Lipinski definition) is 2. The Bertz CT molecular complexity index is 232. The second-order valence-corrected chi connectivity index (χ2v) is 3.65. The zero-order valence-corrected chi connectivity index (χ0v) is 7.97. The van der Waals surface area contributed by atoms with Crippen molar-refractivity contribution in [2.45, 2.75) is 37.5 Å². The summed E-state index contributed by atoms with van der Waals surface area (Å²) in [5.74, 6) is 0. The van der Waals surface area contributed by atoms with Crippen molar-refractivity contribution in [2.24, 2.45) is 0 Å². The first-order chi connectivity index (χ1) is 6.87. The van der Waals surface area contributed by atoms with Gasteiger partial charge in [0.2, 0.25) is 0 Å². The van der Waals surface area contributed by atoms with Crippen molar-refractivity contribution >= 4 is 6.09 Å². The molecule has 0 spiro atoms. The molecule has 0 radical (unpaired) electrons. The van der Waals surface area contributed by atoms with E-state index in [2.05, 4.69) is 10.6 Å². The molecule has 1 fully saturated rings. The first-order valence-electron chi connectivity index (χ1n) is 4.66. The Balaban J connectivity index is 2.22. The van der Waals surface area contributed by atoms with E-state index in [0.29, 0.717) is 19.3 Å². The molecule has 0 aromatic carbocycles. The van der Waals surface area contributed by atoms with E-state index in [1.54, 1.807) is 0 Å². The predicted molar refractivity (Wildman–Crippen MR) is 46.6 cm³/mol. The number of amides is 1. The van der Waals surface area contributed by atoms with Crippen LogP contribution in [0.3, 0.4) is 0 Å². The second kappa shape index (κ2) is 4.69. The van der Waals surface area contributed by atoms with Gasteiger partial charge in [0.1, 0.15) is 0 Å². The topological polar surface area (TPSA) is 61.4 Å². The smallest absolute Gasteiger partial charge is 0.404 e. The van der Waals surface area contributed by atoms with Gasteiger partial charge in [-0.2, -0.15) is 13.2 Å². The Morgan fingerprint density at radius 1 is 1.33 bits per heavy atom. The summed E-state index contributed by atoms with van der Waals surface area (Å²) in [5.41, 5.74) is 0. The molecule has 7 heteroatoms. The standard InChI is InChI=1S/C8H13F3N2O2/c9-8(10,11)4-12-5-1-2-6(3-5)13-7(14)15/h5-6,12-13H,1-4H2,(H,14,15)/t5-,6-/m1/s1. The van der Waals surface area contributed by atoms with Crippen LogP contribution in [0.1, 0.15) is 19.3 Å². The molecular formula is C8H13F3N2O2. The Labute approximate surface area is 84.8 Å². The van der Waals surface area contributed by atoms with Gasteiger partial charge < -0.3 is 15.7 Å². The van der Waals surface area contributed by atoms with Crippen LogP contribution in [0, 0.1) is 0 Å². The minimum Gasteiger partial charge on any atom is -0.465 e. The summed E-state index contributed by atoms with van der Waals surface area (Å²) in [7, 11) is 0. The minimum atomic E-state index is -4.21. The monoisotopic (exact) mass is 226 g/mol. The van der Waals surface area contributed by atoms with Crippen LogP contribution in [-0.4, -0.2) is 36.0 Å². The Morgan fingerprint density at radius 2 is 1.93 bits per heavy atom. The summed E-state index contributed by atoms with van der Waals surface area (Å²) in [6.45, 7) is -1.02. The number of nitrogens with one attached hydrogen (secondary N) is 2. The lowest BCUT2D eigenvalue weighted by Gasteiger charge is -2.14. The largest absolute Gasteiger partial charge is 0.465 e. The van der Waals surface area contributed by atoms with Crippen molar-refractivity contribution in [1.82, 2.24) is 10.6 Å². The average Bonchev–Trinajstić information content (AvgIpc) is 2.46. The fraction of sp³-hybridized carbons (Fsp3) is 0.875. The lowest BCUT2D eigenvalue weighted by molar-refractivity contribution is -0.126. The third-order valence-corrected chi connectivity index (χ3v) is 2.35. The average molecular weight is 226 g/mol. The van der Waals surface area contributed by atoms with Gasteiger partial charge in [0.05, 0.1) is 6.54 Å². The van der Waals surface area contributed by atoms with Crippen LogP contribution in [0.15, 0.2) is 0 Å². The molecule has 88 valence electrons. The van der Waals surface area contributed by atoms with Crippen molar-refractivity contribution in [1.29, 1.82) is 0 Å². The van der Waals surface area contributed by atoms with Gasteiger partial charge in [-0.05, 0) is 19.3 Å². The zero-order valence-electron chi connectivity index (χ0n) is 7.97. The normalized spacial score (nSPS) is 26.6. The first kappa shape index (κ1) is 12.1. The SMILES string of the molecule is O=C(O)N[C@@H]1CC[C@@H](NCC(F)(F)F)C1. The minimum absolute atomic E-state index is 0.228. The molecule has 1 rings (SSSR count). The Morgan fingerprint density at radius 3 is 2.47 bits per heavy atom. The summed E-state index contributed by atoms with van der Waals surface area (Å²) in [6.07, 6.45) is -3.76. The molecule has 0 bridgehead atoms. The summed E-state index contributed by atoms with van der Waals surface area (Å²) >= 11 is 0. The van der Waals surface area contributed by atoms with Gasteiger partial charge in [0.25, 0.3) is 0 Å². The molecule has 2 atom stereocenters. The Hall–Kier alpha value is -0.980. The van der Waals surface area contributed by atoms with Gasteiger partial charge in [0, 0.05) is 12.1 Å². The van der Waals surface area contributed by atoms with Gasteiger partial charge in [-0.1, -0.05) is 0 Å². The van der Waals surface area contributed by atoms with Crippen molar-refractivity contribution in [3.05, 3.63) is 0 Å². The fourth-order valence-electron chi connectivity index (χ4n) is 1.73. The van der Waals surface area contributed by atoms with E-state index in [1.165, 1.54) is 0 Å². The molecule has 4 nitrogen and oxygen atoms in total. The second-order valence-electron chi connectivity index (χ2n) is 3.65. The molecule has 0 aromatic heterocycles. The highest BCUT2D eigenvalue weighted by Gasteiger charge is 2.31. The van der Waals surface area contributed by atoms with E-state index in [-0.39, 0.29) is 12.1 Å². The number of halogens is 3. The molecule has 1 amide bonds. The maximum absolute atomic E-state index is 11.8. The molecule has 1 saturated carbocycles. The van der Waals surface area contributed by atoms with Crippen molar-refractivity contribution < 1.29 is 23.1 Å². The number of rotatable bonds is 3. The maximum atomic E-state index is 11.8. The van der Waals surface area contributed by atoms with E-state index in [4.69, 9.17) is 5.11 Å². The summed E-state index contributed by atoms with van der Waals surface area (Å²) in [4.78, 5) is 10.3. The van der Waals surface area contributed by atoms with Crippen molar-refractivity contribution in [3.63, 3.8) is 0 Å². The number of carbonyl (C=O) groups is 1. The molecule has 3 N–H and O–H groups in total. The molecule has 1 aliphatic rings. The van der Waals surface area contributed by atoms with E-state index >= 15 is 0 Å². The van der Waals surface area contributed by atoms with Crippen molar-refractivity contribution in [3.8, 4) is 0 Å². The summed E-state index contributed by atoms with van der Waals surface area (Å²) < 4.78 is 35.5. The van der Waals surface area contributed by atoms with Crippen LogP contribution in [0.25, 0.3) is 0 Å². The fourth-order valence-corrected chi connectivity index (χ4v) is 1.73. The zero-order chi connectivity index (χ0) is 11.5. The van der Waals surface area contributed by atoms with Gasteiger partial charge in [0.15, 0.2) is 0 Å². The molecule has 15 heavy (non-hydrogen) atoms. The third-order valence-electron chi connectivity index (χ3n) is 2.35. The van der Waals surface area contributed by atoms with E-state index in [9.17, 15) is 18.0 Å². The van der Waals surface area contributed by atoms with Crippen LogP contribution >= 0.6 is 0 Å². The highest BCUT2D eigenvalue weighted by atomic mass is 19.4. The lowest BCUT2D eigenvalue weighted by Crippen LogP contribution is -2.38. The molecule has 0 aliphatic heterocycles. The molecule has 1 aliphatic carbocycles. The summed E-state index contributed by atoms with van der Waals surface area (Å²) in [6, 6.07) is -0.475. The van der Waals surface area contributed by atoms with Gasteiger partial charge in [-0.3, -0.25) is 0 Å². The highest BCUT2D eigenvalue weighted by Crippen LogP contribution is 2.21. The van der Waals surface area contributed by atoms with Gasteiger partial charge in [-0.25, -0.2) is 4.79 Å². The Kier molecular flexibility index (Phi) is 3.78. The predicted octanol–water partition coefficient (Wildman–Crippen LogP) is 1.33. The highest BCUT2D eigenvalue weighted by molar-refractivity contribution is 5.64. The number of alkyl halides is 3. The molecule has 0 heterocycles. The number of hydrogen-bond donors (Lipinski definition) is 3. The van der Waals surface area contributed by atoms with Crippen molar-refractivity contribution in [2.75, 3.05) is 6.54 Å². The van der Waals surface area contributed by atoms with Crippen LogP contribution in [0.4, 0.5) is 18.0 Å². The third kappa shape index (κ3) is 4.87. The first-order valence-corrected chi connectivity index (χ1v) is 4.66. The molecular weight excluding hydrogens is 213 g/mol. The summed E-state index contributed by atoms with van der Waals surface area (Å²) in [5, 5.41) is 13.0. The molecule has 0 saturated heterocycles. The van der Waals surface area contributed by atoms with Crippen LogP contribution in [0.5, 0.6) is 0 Å². The molecule has 0 unspecified atom stereocenters. The van der Waals surface area contributed by atoms with E-state index < -0.39 is 18.8 Å². The van der Waals surface area contributed by atoms with E-state index in [0.717, 1.165) is 0 Å². The van der Waals surface area contributed by atoms with Crippen LogP contribution < -0.4 is 10.6 Å². The van der Waals surface area contributed by atoms with Gasteiger partial charge in [-0.15, -0.1) is 0 Å². The van der Waals surface area contributed by atoms with Crippen LogP contribution in [-0.2, 0) is 0 Å². The van der Waals surface area contributed by atoms with E-state index in [1.807, 2.05) is 0 Å². The van der Waals surface area contributed by atoms with Gasteiger partial charge >= 0.3 is 12.3 Å². The number of carboxylic acid groups (broad SMARTS) is 1.